The lowest BCUT2D eigenvalue weighted by atomic mass is 10.2. The van der Waals surface area contributed by atoms with Crippen LogP contribution >= 0.6 is 11.6 Å². The predicted octanol–water partition coefficient (Wildman–Crippen LogP) is 4.07. The highest BCUT2D eigenvalue weighted by Gasteiger charge is 2.10. The van der Waals surface area contributed by atoms with E-state index in [1.165, 1.54) is 18.2 Å². The van der Waals surface area contributed by atoms with Crippen LogP contribution in [0.2, 0.25) is 5.02 Å². The van der Waals surface area contributed by atoms with Gasteiger partial charge in [0.05, 0.1) is 22.2 Å². The SMILES string of the molecule is CCCn1cccc1CNc1cc([N+](=O)[O-])ccc1Cl. The molecule has 0 aliphatic heterocycles. The molecule has 1 aromatic carbocycles. The number of anilines is 1. The van der Waals surface area contributed by atoms with E-state index in [2.05, 4.69) is 16.8 Å². The summed E-state index contributed by atoms with van der Waals surface area (Å²) in [6.45, 7) is 3.65. The van der Waals surface area contributed by atoms with Gasteiger partial charge in [0.15, 0.2) is 0 Å². The molecule has 1 aromatic heterocycles. The Morgan fingerprint density at radius 1 is 1.40 bits per heavy atom. The van der Waals surface area contributed by atoms with Crippen molar-refractivity contribution in [1.29, 1.82) is 0 Å². The van der Waals surface area contributed by atoms with Crippen LogP contribution in [-0.2, 0) is 13.1 Å². The third kappa shape index (κ3) is 3.30. The molecule has 6 heteroatoms. The number of hydrogen-bond donors (Lipinski definition) is 1. The first-order valence-corrected chi connectivity index (χ1v) is 6.81. The van der Waals surface area contributed by atoms with Crippen LogP contribution in [0.5, 0.6) is 0 Å². The number of rotatable bonds is 6. The molecule has 0 unspecified atom stereocenters. The topological polar surface area (TPSA) is 60.1 Å². The molecule has 1 N–H and O–H groups in total. The number of nitro groups is 1. The summed E-state index contributed by atoms with van der Waals surface area (Å²) >= 11 is 6.05. The molecular formula is C14H16ClN3O2. The number of benzene rings is 1. The Morgan fingerprint density at radius 2 is 2.20 bits per heavy atom. The standard InChI is InChI=1S/C14H16ClN3O2/c1-2-7-17-8-3-4-12(17)10-16-14-9-11(18(19)20)5-6-13(14)15/h3-6,8-9,16H,2,7,10H2,1H3. The number of nitrogens with one attached hydrogen (secondary N) is 1. The Bertz CT molecular complexity index is 610. The van der Waals surface area contributed by atoms with Crippen LogP contribution in [0, 0.1) is 10.1 Å². The first-order chi connectivity index (χ1) is 9.61. The minimum Gasteiger partial charge on any atom is -0.378 e. The van der Waals surface area contributed by atoms with Crippen molar-refractivity contribution in [2.24, 2.45) is 0 Å². The molecule has 0 aliphatic rings. The van der Waals surface area contributed by atoms with Crippen molar-refractivity contribution < 1.29 is 4.92 Å². The quantitative estimate of drug-likeness (QED) is 0.645. The van der Waals surface area contributed by atoms with E-state index in [1.54, 1.807) is 0 Å². The molecule has 20 heavy (non-hydrogen) atoms. The fourth-order valence-electron chi connectivity index (χ4n) is 2.02. The maximum atomic E-state index is 10.8. The van der Waals surface area contributed by atoms with E-state index in [-0.39, 0.29) is 5.69 Å². The summed E-state index contributed by atoms with van der Waals surface area (Å²) in [5, 5.41) is 14.4. The lowest BCUT2D eigenvalue weighted by Crippen LogP contribution is -2.07. The van der Waals surface area contributed by atoms with Gasteiger partial charge in [-0.25, -0.2) is 0 Å². The summed E-state index contributed by atoms with van der Waals surface area (Å²) in [6.07, 6.45) is 3.08. The largest absolute Gasteiger partial charge is 0.378 e. The van der Waals surface area contributed by atoms with Crippen molar-refractivity contribution in [3.05, 3.63) is 57.4 Å². The van der Waals surface area contributed by atoms with Crippen LogP contribution in [0.15, 0.2) is 36.5 Å². The van der Waals surface area contributed by atoms with E-state index < -0.39 is 4.92 Å². The zero-order valence-electron chi connectivity index (χ0n) is 11.2. The lowest BCUT2D eigenvalue weighted by Gasteiger charge is -2.11. The van der Waals surface area contributed by atoms with Gasteiger partial charge in [-0.1, -0.05) is 18.5 Å². The van der Waals surface area contributed by atoms with E-state index >= 15 is 0 Å². The maximum Gasteiger partial charge on any atom is 0.271 e. The fourth-order valence-corrected chi connectivity index (χ4v) is 2.20. The van der Waals surface area contributed by atoms with Crippen LogP contribution in [-0.4, -0.2) is 9.49 Å². The first-order valence-electron chi connectivity index (χ1n) is 6.43. The highest BCUT2D eigenvalue weighted by atomic mass is 35.5. The highest BCUT2D eigenvalue weighted by molar-refractivity contribution is 6.33. The zero-order chi connectivity index (χ0) is 14.5. The first kappa shape index (κ1) is 14.4. The van der Waals surface area contributed by atoms with E-state index in [9.17, 15) is 10.1 Å². The number of nitrogens with zero attached hydrogens (tertiary/aromatic N) is 2. The van der Waals surface area contributed by atoms with Crippen molar-refractivity contribution in [3.8, 4) is 0 Å². The second kappa shape index (κ2) is 6.43. The molecule has 0 bridgehead atoms. The third-order valence-electron chi connectivity index (χ3n) is 3.01. The van der Waals surface area contributed by atoms with E-state index in [1.807, 2.05) is 18.3 Å². The lowest BCUT2D eigenvalue weighted by molar-refractivity contribution is -0.384. The molecule has 0 saturated heterocycles. The summed E-state index contributed by atoms with van der Waals surface area (Å²) in [4.78, 5) is 10.3. The zero-order valence-corrected chi connectivity index (χ0v) is 11.9. The van der Waals surface area contributed by atoms with Crippen LogP contribution in [0.25, 0.3) is 0 Å². The summed E-state index contributed by atoms with van der Waals surface area (Å²) in [5.41, 5.74) is 1.72. The second-order valence-electron chi connectivity index (χ2n) is 4.47. The molecule has 0 amide bonds. The van der Waals surface area contributed by atoms with Gasteiger partial charge < -0.3 is 9.88 Å². The number of aryl methyl sites for hydroxylation is 1. The third-order valence-corrected chi connectivity index (χ3v) is 3.34. The smallest absolute Gasteiger partial charge is 0.271 e. The highest BCUT2D eigenvalue weighted by Crippen LogP contribution is 2.27. The number of non-ortho nitro benzene ring substituents is 1. The van der Waals surface area contributed by atoms with Crippen molar-refractivity contribution >= 4 is 23.0 Å². The fraction of sp³-hybridized carbons (Fsp3) is 0.286. The van der Waals surface area contributed by atoms with Gasteiger partial charge in [-0.05, 0) is 24.6 Å². The van der Waals surface area contributed by atoms with E-state index in [0.717, 1.165) is 18.7 Å². The molecule has 0 atom stereocenters. The van der Waals surface area contributed by atoms with Crippen molar-refractivity contribution in [1.82, 2.24) is 4.57 Å². The molecule has 106 valence electrons. The monoisotopic (exact) mass is 293 g/mol. The average Bonchev–Trinajstić information content (AvgIpc) is 2.85. The summed E-state index contributed by atoms with van der Waals surface area (Å²) in [5.74, 6) is 0. The van der Waals surface area contributed by atoms with Gasteiger partial charge in [-0.2, -0.15) is 0 Å². The minimum absolute atomic E-state index is 0.0286. The normalized spacial score (nSPS) is 10.5. The van der Waals surface area contributed by atoms with Gasteiger partial charge in [0, 0.05) is 30.6 Å². The van der Waals surface area contributed by atoms with Gasteiger partial charge in [0.1, 0.15) is 0 Å². The van der Waals surface area contributed by atoms with Crippen molar-refractivity contribution in [2.75, 3.05) is 5.32 Å². The molecular weight excluding hydrogens is 278 g/mol. The number of aromatic nitrogens is 1. The molecule has 2 rings (SSSR count). The Hall–Kier alpha value is -2.01. The van der Waals surface area contributed by atoms with Gasteiger partial charge >= 0.3 is 0 Å². The maximum absolute atomic E-state index is 10.8. The average molecular weight is 294 g/mol. The number of nitro benzene ring substituents is 1. The van der Waals surface area contributed by atoms with E-state index in [4.69, 9.17) is 11.6 Å². The number of halogens is 1. The second-order valence-corrected chi connectivity index (χ2v) is 4.87. The van der Waals surface area contributed by atoms with Crippen LogP contribution < -0.4 is 5.32 Å². The van der Waals surface area contributed by atoms with Crippen LogP contribution in [0.4, 0.5) is 11.4 Å². The van der Waals surface area contributed by atoms with Gasteiger partial charge in [-0.15, -0.1) is 0 Å². The molecule has 0 aliphatic carbocycles. The number of hydrogen-bond acceptors (Lipinski definition) is 3. The van der Waals surface area contributed by atoms with Gasteiger partial charge in [-0.3, -0.25) is 10.1 Å². The van der Waals surface area contributed by atoms with Crippen LogP contribution in [0.3, 0.4) is 0 Å². The minimum atomic E-state index is -0.429. The molecule has 2 aromatic rings. The molecule has 0 saturated carbocycles. The Kier molecular flexibility index (Phi) is 4.63. The summed E-state index contributed by atoms with van der Waals surface area (Å²) in [7, 11) is 0. The molecule has 0 fully saturated rings. The Labute approximate surface area is 122 Å². The molecule has 0 spiro atoms. The van der Waals surface area contributed by atoms with Crippen LogP contribution in [0.1, 0.15) is 19.0 Å². The van der Waals surface area contributed by atoms with Gasteiger partial charge in [0.25, 0.3) is 5.69 Å². The molecule has 0 radical (unpaired) electrons. The van der Waals surface area contributed by atoms with Crippen molar-refractivity contribution in [2.45, 2.75) is 26.4 Å². The molecule has 5 nitrogen and oxygen atoms in total. The summed E-state index contributed by atoms with van der Waals surface area (Å²) in [6, 6.07) is 8.39. The van der Waals surface area contributed by atoms with Crippen molar-refractivity contribution in [3.63, 3.8) is 0 Å². The van der Waals surface area contributed by atoms with Gasteiger partial charge in [0.2, 0.25) is 0 Å². The Morgan fingerprint density at radius 3 is 2.90 bits per heavy atom. The summed E-state index contributed by atoms with van der Waals surface area (Å²) < 4.78 is 2.15. The van der Waals surface area contributed by atoms with E-state index in [0.29, 0.717) is 17.3 Å². The Balaban J connectivity index is 2.12. The molecule has 1 heterocycles. The predicted molar refractivity (Wildman–Crippen MR) is 80.2 cm³/mol.